The van der Waals surface area contributed by atoms with Crippen molar-refractivity contribution in [2.45, 2.75) is 19.6 Å². The monoisotopic (exact) mass is 497 g/mol. The van der Waals surface area contributed by atoms with Crippen molar-refractivity contribution >= 4 is 51.5 Å². The lowest BCUT2D eigenvalue weighted by atomic mass is 10.3. The summed E-state index contributed by atoms with van der Waals surface area (Å²) >= 11 is 8.25. The van der Waals surface area contributed by atoms with Gasteiger partial charge in [-0.05, 0) is 18.2 Å². The third-order valence-corrected chi connectivity index (χ3v) is 5.96. The molecule has 3 amide bonds. The Morgan fingerprint density at radius 1 is 1.28 bits per heavy atom. The number of rotatable bonds is 9. The molecule has 14 heteroatoms. The van der Waals surface area contributed by atoms with E-state index in [1.54, 1.807) is 13.1 Å². The summed E-state index contributed by atoms with van der Waals surface area (Å²) in [7, 11) is 3.09. The summed E-state index contributed by atoms with van der Waals surface area (Å²) in [4.78, 5) is 43.1. The fraction of sp³-hybridized carbons (Fsp3) is 0.333. The largest absolute Gasteiger partial charge is 0.383 e. The van der Waals surface area contributed by atoms with E-state index in [2.05, 4.69) is 25.1 Å². The highest BCUT2D eigenvalue weighted by molar-refractivity contribution is 7.16. The average molecular weight is 498 g/mol. The first-order valence-corrected chi connectivity index (χ1v) is 11.3. The number of ether oxygens (including phenoxy) is 1. The van der Waals surface area contributed by atoms with Gasteiger partial charge in [0.25, 0.3) is 11.5 Å². The molecular weight excluding hydrogens is 478 g/mol. The van der Waals surface area contributed by atoms with Crippen molar-refractivity contribution in [1.82, 2.24) is 29.4 Å². The third-order valence-electron chi connectivity index (χ3n) is 4.06. The van der Waals surface area contributed by atoms with Crippen molar-refractivity contribution in [1.29, 1.82) is 0 Å². The van der Waals surface area contributed by atoms with Gasteiger partial charge in [0.2, 0.25) is 5.13 Å². The molecule has 0 bridgehead atoms. The Hall–Kier alpha value is -2.87. The van der Waals surface area contributed by atoms with Crippen LogP contribution in [0.1, 0.15) is 21.2 Å². The summed E-state index contributed by atoms with van der Waals surface area (Å²) in [6, 6.07) is 5.83. The number of carbonyl (C=O) groups is 2. The van der Waals surface area contributed by atoms with Gasteiger partial charge in [-0.25, -0.2) is 14.5 Å². The van der Waals surface area contributed by atoms with E-state index in [0.717, 1.165) is 16.4 Å². The Kier molecular flexibility index (Phi) is 8.27. The molecule has 3 aromatic heterocycles. The molecule has 0 unspecified atom stereocenters. The van der Waals surface area contributed by atoms with Gasteiger partial charge in [0.05, 0.1) is 30.6 Å². The lowest BCUT2D eigenvalue weighted by Crippen LogP contribution is -2.31. The third kappa shape index (κ3) is 6.56. The van der Waals surface area contributed by atoms with Crippen LogP contribution >= 0.6 is 34.5 Å². The summed E-state index contributed by atoms with van der Waals surface area (Å²) < 4.78 is 10.9. The van der Waals surface area contributed by atoms with Crippen LogP contribution in [0.3, 0.4) is 0 Å². The van der Waals surface area contributed by atoms with E-state index in [4.69, 9.17) is 16.3 Å². The molecule has 3 aromatic rings. The Labute approximate surface area is 196 Å². The highest BCUT2D eigenvalue weighted by atomic mass is 35.5. The zero-order chi connectivity index (χ0) is 23.1. The van der Waals surface area contributed by atoms with E-state index < -0.39 is 11.9 Å². The second kappa shape index (κ2) is 11.1. The normalized spacial score (nSPS) is 10.7. The maximum absolute atomic E-state index is 12.7. The number of urea groups is 1. The molecule has 11 nitrogen and oxygen atoms in total. The molecule has 0 atom stereocenters. The molecule has 0 spiro atoms. The molecule has 0 aliphatic rings. The van der Waals surface area contributed by atoms with Crippen LogP contribution in [0.5, 0.6) is 0 Å². The first-order valence-electron chi connectivity index (χ1n) is 9.30. The molecule has 0 aliphatic carbocycles. The average Bonchev–Trinajstić information content (AvgIpc) is 3.39. The van der Waals surface area contributed by atoms with Gasteiger partial charge in [-0.1, -0.05) is 11.6 Å². The molecule has 3 rings (SSSR count). The quantitative estimate of drug-likeness (QED) is 0.462. The molecule has 0 fully saturated rings. The Bertz CT molecular complexity index is 1150. The van der Waals surface area contributed by atoms with E-state index in [9.17, 15) is 14.4 Å². The van der Waals surface area contributed by atoms with Gasteiger partial charge in [0, 0.05) is 36.6 Å². The molecule has 0 radical (unpaired) electrons. The SMILES string of the molecule is COCCn1nc(C(=O)N(C)Cc2nsc(NC(=O)NCc3ccc(Cl)s3)n2)ccc1=O. The fourth-order valence-electron chi connectivity index (χ4n) is 2.50. The van der Waals surface area contributed by atoms with Gasteiger partial charge in [-0.3, -0.25) is 14.9 Å². The van der Waals surface area contributed by atoms with Crippen LogP contribution in [0, 0.1) is 0 Å². The number of nitrogens with one attached hydrogen (secondary N) is 2. The van der Waals surface area contributed by atoms with E-state index in [0.29, 0.717) is 28.4 Å². The topological polar surface area (TPSA) is 131 Å². The number of hydrogen-bond donors (Lipinski definition) is 2. The molecule has 0 saturated carbocycles. The van der Waals surface area contributed by atoms with Crippen molar-refractivity contribution in [3.8, 4) is 0 Å². The van der Waals surface area contributed by atoms with Gasteiger partial charge in [0.1, 0.15) is 5.69 Å². The lowest BCUT2D eigenvalue weighted by Gasteiger charge is -2.15. The number of methoxy groups -OCH3 is 1. The molecule has 0 aromatic carbocycles. The van der Waals surface area contributed by atoms with Gasteiger partial charge in [-0.2, -0.15) is 9.47 Å². The number of aromatic nitrogens is 4. The zero-order valence-electron chi connectivity index (χ0n) is 17.2. The number of nitrogens with zero attached hydrogens (tertiary/aromatic N) is 5. The van der Waals surface area contributed by atoms with E-state index in [1.807, 2.05) is 6.07 Å². The summed E-state index contributed by atoms with van der Waals surface area (Å²) in [6.45, 7) is 0.981. The molecule has 170 valence electrons. The summed E-state index contributed by atoms with van der Waals surface area (Å²) in [5, 5.41) is 9.70. The van der Waals surface area contributed by atoms with Gasteiger partial charge >= 0.3 is 6.03 Å². The molecule has 0 aliphatic heterocycles. The van der Waals surface area contributed by atoms with Crippen molar-refractivity contribution in [3.63, 3.8) is 0 Å². The number of amides is 3. The first kappa shape index (κ1) is 23.8. The van der Waals surface area contributed by atoms with Crippen molar-refractivity contribution < 1.29 is 14.3 Å². The number of halogens is 1. The van der Waals surface area contributed by atoms with Crippen LogP contribution in [0.15, 0.2) is 29.1 Å². The van der Waals surface area contributed by atoms with E-state index in [-0.39, 0.29) is 24.3 Å². The lowest BCUT2D eigenvalue weighted by molar-refractivity contribution is 0.0772. The predicted octanol–water partition coefficient (Wildman–Crippen LogP) is 2.05. The van der Waals surface area contributed by atoms with Gasteiger partial charge in [0.15, 0.2) is 5.82 Å². The highest BCUT2D eigenvalue weighted by Crippen LogP contribution is 2.21. The molecule has 32 heavy (non-hydrogen) atoms. The van der Waals surface area contributed by atoms with Crippen molar-refractivity contribution in [3.05, 3.63) is 55.4 Å². The molecule has 3 heterocycles. The summed E-state index contributed by atoms with van der Waals surface area (Å²) in [6.07, 6.45) is 0. The molecule has 2 N–H and O–H groups in total. The van der Waals surface area contributed by atoms with Gasteiger partial charge in [-0.15, -0.1) is 11.3 Å². The minimum Gasteiger partial charge on any atom is -0.383 e. The first-order chi connectivity index (χ1) is 15.4. The van der Waals surface area contributed by atoms with Gasteiger partial charge < -0.3 is 15.0 Å². The number of carbonyl (C=O) groups excluding carboxylic acids is 2. The van der Waals surface area contributed by atoms with Crippen LogP contribution in [0.25, 0.3) is 0 Å². The molecule has 0 saturated heterocycles. The zero-order valence-corrected chi connectivity index (χ0v) is 19.6. The van der Waals surface area contributed by atoms with Crippen LogP contribution in [-0.2, 0) is 24.4 Å². The predicted molar refractivity (Wildman–Crippen MR) is 121 cm³/mol. The Balaban J connectivity index is 1.54. The van der Waals surface area contributed by atoms with Crippen LogP contribution in [0.2, 0.25) is 4.34 Å². The number of thiophene rings is 1. The smallest absolute Gasteiger partial charge is 0.321 e. The fourth-order valence-corrected chi connectivity index (χ4v) is 4.11. The maximum atomic E-state index is 12.7. The van der Waals surface area contributed by atoms with Crippen molar-refractivity contribution in [2.75, 3.05) is 26.1 Å². The maximum Gasteiger partial charge on any atom is 0.321 e. The minimum absolute atomic E-state index is 0.102. The van der Waals surface area contributed by atoms with Crippen LogP contribution < -0.4 is 16.2 Å². The number of hydrogen-bond acceptors (Lipinski definition) is 9. The second-order valence-corrected chi connectivity index (χ2v) is 9.01. The van der Waals surface area contributed by atoms with Crippen LogP contribution in [-0.4, -0.2) is 56.7 Å². The summed E-state index contributed by atoms with van der Waals surface area (Å²) in [5.74, 6) is -0.0354. The Morgan fingerprint density at radius 2 is 2.09 bits per heavy atom. The van der Waals surface area contributed by atoms with Crippen LogP contribution in [0.4, 0.5) is 9.93 Å². The Morgan fingerprint density at radius 3 is 2.81 bits per heavy atom. The summed E-state index contributed by atoms with van der Waals surface area (Å²) in [5.41, 5.74) is -0.205. The van der Waals surface area contributed by atoms with E-state index >= 15 is 0 Å². The second-order valence-electron chi connectivity index (χ2n) is 6.46. The van der Waals surface area contributed by atoms with E-state index in [1.165, 1.54) is 40.2 Å². The molecular formula is C18H20ClN7O4S2. The van der Waals surface area contributed by atoms with Crippen molar-refractivity contribution in [2.24, 2.45) is 0 Å². The number of anilines is 1. The minimum atomic E-state index is -0.427. The highest BCUT2D eigenvalue weighted by Gasteiger charge is 2.17. The standard InChI is InChI=1S/C18H20ClN7O4S2/c1-25(16(28)12-4-6-15(27)26(23-12)7-8-30-2)10-14-21-18(32-24-14)22-17(29)20-9-11-3-5-13(19)31-11/h3-6H,7-10H2,1-2H3,(H2,20,21,22,24,29).